The summed E-state index contributed by atoms with van der Waals surface area (Å²) < 4.78 is 1.77. The number of nitrogens with one attached hydrogen (secondary N) is 1. The maximum absolute atomic E-state index is 10.8. The van der Waals surface area contributed by atoms with Gasteiger partial charge in [-0.05, 0) is 36.8 Å². The SMILES string of the molecule is CC(Nc1ccc([N+](=O)[O-])cc1C#N)c1ccc(-n2cccn2)cc1. The molecule has 1 atom stereocenters. The lowest BCUT2D eigenvalue weighted by Gasteiger charge is -2.17. The van der Waals surface area contributed by atoms with Gasteiger partial charge in [0, 0.05) is 30.6 Å². The molecule has 0 aliphatic carbocycles. The van der Waals surface area contributed by atoms with Crippen molar-refractivity contribution in [2.45, 2.75) is 13.0 Å². The van der Waals surface area contributed by atoms with Crippen molar-refractivity contribution in [3.63, 3.8) is 0 Å². The van der Waals surface area contributed by atoms with Crippen LogP contribution >= 0.6 is 0 Å². The third-order valence-corrected chi connectivity index (χ3v) is 3.87. The Labute approximate surface area is 144 Å². The minimum atomic E-state index is -0.512. The van der Waals surface area contributed by atoms with E-state index in [0.717, 1.165) is 11.3 Å². The molecule has 0 aliphatic heterocycles. The number of benzene rings is 2. The topological polar surface area (TPSA) is 96.8 Å². The van der Waals surface area contributed by atoms with E-state index in [4.69, 9.17) is 0 Å². The molecule has 25 heavy (non-hydrogen) atoms. The zero-order valence-electron chi connectivity index (χ0n) is 13.5. The lowest BCUT2D eigenvalue weighted by Crippen LogP contribution is -2.08. The molecule has 1 heterocycles. The molecule has 7 nitrogen and oxygen atoms in total. The van der Waals surface area contributed by atoms with Crippen molar-refractivity contribution in [2.24, 2.45) is 0 Å². The molecule has 3 aromatic rings. The summed E-state index contributed by atoms with van der Waals surface area (Å²) in [5, 5.41) is 27.5. The number of nitro benzene ring substituents is 1. The first kappa shape index (κ1) is 16.2. The molecule has 0 amide bonds. The molecule has 3 rings (SSSR count). The van der Waals surface area contributed by atoms with E-state index >= 15 is 0 Å². The zero-order valence-corrected chi connectivity index (χ0v) is 13.5. The molecule has 0 spiro atoms. The maximum Gasteiger partial charge on any atom is 0.270 e. The Hall–Kier alpha value is -3.66. The van der Waals surface area contributed by atoms with Crippen molar-refractivity contribution >= 4 is 11.4 Å². The predicted octanol–water partition coefficient (Wildman–Crippen LogP) is 3.83. The van der Waals surface area contributed by atoms with Crippen LogP contribution in [0.4, 0.5) is 11.4 Å². The van der Waals surface area contributed by atoms with Crippen molar-refractivity contribution in [2.75, 3.05) is 5.32 Å². The number of nitriles is 1. The fourth-order valence-electron chi connectivity index (χ4n) is 2.52. The summed E-state index contributed by atoms with van der Waals surface area (Å²) in [5.41, 5.74) is 2.69. The quantitative estimate of drug-likeness (QED) is 0.565. The average molecular weight is 333 g/mol. The first-order chi connectivity index (χ1) is 12.1. The van der Waals surface area contributed by atoms with E-state index in [1.807, 2.05) is 49.5 Å². The van der Waals surface area contributed by atoms with Crippen molar-refractivity contribution in [3.05, 3.63) is 82.2 Å². The monoisotopic (exact) mass is 333 g/mol. The first-order valence-corrected chi connectivity index (χ1v) is 7.63. The van der Waals surface area contributed by atoms with Crippen molar-refractivity contribution in [1.82, 2.24) is 9.78 Å². The van der Waals surface area contributed by atoms with Crippen LogP contribution in [0.25, 0.3) is 5.69 Å². The molecule has 7 heteroatoms. The van der Waals surface area contributed by atoms with Crippen LogP contribution in [0.5, 0.6) is 0 Å². The molecule has 0 saturated heterocycles. The number of hydrogen-bond donors (Lipinski definition) is 1. The van der Waals surface area contributed by atoms with Gasteiger partial charge in [0.25, 0.3) is 5.69 Å². The average Bonchev–Trinajstić information content (AvgIpc) is 3.16. The predicted molar refractivity (Wildman–Crippen MR) is 93.4 cm³/mol. The van der Waals surface area contributed by atoms with Gasteiger partial charge in [0.1, 0.15) is 6.07 Å². The van der Waals surface area contributed by atoms with Gasteiger partial charge in [-0.2, -0.15) is 10.4 Å². The van der Waals surface area contributed by atoms with Gasteiger partial charge in [-0.15, -0.1) is 0 Å². The molecule has 0 radical (unpaired) electrons. The molecule has 1 N–H and O–H groups in total. The molecule has 124 valence electrons. The van der Waals surface area contributed by atoms with Gasteiger partial charge in [0.05, 0.1) is 21.9 Å². The number of non-ortho nitro benzene ring substituents is 1. The van der Waals surface area contributed by atoms with Gasteiger partial charge >= 0.3 is 0 Å². The van der Waals surface area contributed by atoms with Crippen molar-refractivity contribution < 1.29 is 4.92 Å². The van der Waals surface area contributed by atoms with E-state index in [0.29, 0.717) is 5.69 Å². The van der Waals surface area contributed by atoms with E-state index < -0.39 is 4.92 Å². The van der Waals surface area contributed by atoms with Crippen molar-refractivity contribution in [1.29, 1.82) is 5.26 Å². The molecule has 0 saturated carbocycles. The zero-order chi connectivity index (χ0) is 17.8. The van der Waals surface area contributed by atoms with Gasteiger partial charge in [-0.25, -0.2) is 4.68 Å². The Balaban J connectivity index is 1.79. The Bertz CT molecular complexity index is 927. The summed E-state index contributed by atoms with van der Waals surface area (Å²) >= 11 is 0. The minimum absolute atomic E-state index is 0.0692. The number of hydrogen-bond acceptors (Lipinski definition) is 5. The van der Waals surface area contributed by atoms with Gasteiger partial charge in [0.15, 0.2) is 0 Å². The highest BCUT2D eigenvalue weighted by atomic mass is 16.6. The Kier molecular flexibility index (Phi) is 4.44. The number of nitrogens with zero attached hydrogens (tertiary/aromatic N) is 4. The summed E-state index contributed by atoms with van der Waals surface area (Å²) in [7, 11) is 0. The molecular formula is C18H15N5O2. The Morgan fingerprint density at radius 3 is 2.64 bits per heavy atom. The third-order valence-electron chi connectivity index (χ3n) is 3.87. The molecule has 1 aromatic heterocycles. The van der Waals surface area contributed by atoms with E-state index in [1.54, 1.807) is 16.9 Å². The highest BCUT2D eigenvalue weighted by Gasteiger charge is 2.13. The first-order valence-electron chi connectivity index (χ1n) is 7.63. The Morgan fingerprint density at radius 1 is 1.28 bits per heavy atom. The van der Waals surface area contributed by atoms with Crippen LogP contribution in [0.2, 0.25) is 0 Å². The van der Waals surface area contributed by atoms with E-state index in [1.165, 1.54) is 12.1 Å². The smallest absolute Gasteiger partial charge is 0.270 e. The fourth-order valence-corrected chi connectivity index (χ4v) is 2.52. The summed E-state index contributed by atoms with van der Waals surface area (Å²) in [4.78, 5) is 10.3. The number of anilines is 1. The van der Waals surface area contributed by atoms with E-state index in [9.17, 15) is 15.4 Å². The second-order valence-corrected chi connectivity index (χ2v) is 5.51. The van der Waals surface area contributed by atoms with Gasteiger partial charge in [-0.3, -0.25) is 10.1 Å². The van der Waals surface area contributed by atoms with Crippen LogP contribution < -0.4 is 5.32 Å². The van der Waals surface area contributed by atoms with Crippen LogP contribution in [0.1, 0.15) is 24.1 Å². The van der Waals surface area contributed by atoms with Gasteiger partial charge in [0.2, 0.25) is 0 Å². The van der Waals surface area contributed by atoms with Crippen LogP contribution in [0.15, 0.2) is 60.9 Å². The lowest BCUT2D eigenvalue weighted by molar-refractivity contribution is -0.384. The van der Waals surface area contributed by atoms with E-state index in [-0.39, 0.29) is 17.3 Å². The molecule has 2 aromatic carbocycles. The molecule has 1 unspecified atom stereocenters. The molecule has 0 bridgehead atoms. The Morgan fingerprint density at radius 2 is 2.04 bits per heavy atom. The lowest BCUT2D eigenvalue weighted by atomic mass is 10.1. The van der Waals surface area contributed by atoms with Crippen LogP contribution in [-0.2, 0) is 0 Å². The highest BCUT2D eigenvalue weighted by Crippen LogP contribution is 2.26. The summed E-state index contributed by atoms with van der Waals surface area (Å²) in [6.45, 7) is 1.96. The number of aromatic nitrogens is 2. The third kappa shape index (κ3) is 3.48. The standard InChI is InChI=1S/C18H15N5O2/c1-13(14-3-5-16(6-4-14)22-10-2-9-20-22)21-18-8-7-17(23(24)25)11-15(18)12-19/h2-11,13,21H,1H3. The molecule has 0 aliphatic rings. The summed E-state index contributed by atoms with van der Waals surface area (Å²) in [6.07, 6.45) is 3.59. The van der Waals surface area contributed by atoms with Crippen LogP contribution in [0.3, 0.4) is 0 Å². The molecule has 0 fully saturated rings. The van der Waals surface area contributed by atoms with Crippen molar-refractivity contribution in [3.8, 4) is 11.8 Å². The highest BCUT2D eigenvalue weighted by molar-refractivity contribution is 5.62. The second kappa shape index (κ2) is 6.84. The number of nitro groups is 1. The summed E-state index contributed by atoms with van der Waals surface area (Å²) in [6, 6.07) is 15.9. The molecular weight excluding hydrogens is 318 g/mol. The van der Waals surface area contributed by atoms with E-state index in [2.05, 4.69) is 10.4 Å². The number of rotatable bonds is 5. The summed E-state index contributed by atoms with van der Waals surface area (Å²) in [5.74, 6) is 0. The van der Waals surface area contributed by atoms with Crippen LogP contribution in [0, 0.1) is 21.4 Å². The largest absolute Gasteiger partial charge is 0.377 e. The minimum Gasteiger partial charge on any atom is -0.377 e. The van der Waals surface area contributed by atoms with Crippen LogP contribution in [-0.4, -0.2) is 14.7 Å². The maximum atomic E-state index is 10.8. The normalized spacial score (nSPS) is 11.5. The fraction of sp³-hybridized carbons (Fsp3) is 0.111. The van der Waals surface area contributed by atoms with Gasteiger partial charge < -0.3 is 5.32 Å². The second-order valence-electron chi connectivity index (χ2n) is 5.51. The van der Waals surface area contributed by atoms with Gasteiger partial charge in [-0.1, -0.05) is 12.1 Å².